The summed E-state index contributed by atoms with van der Waals surface area (Å²) in [6.07, 6.45) is 8.11. The lowest BCUT2D eigenvalue weighted by molar-refractivity contribution is 0.0640. The lowest BCUT2D eigenvalue weighted by atomic mass is 9.89. The van der Waals surface area contributed by atoms with Crippen LogP contribution in [0.3, 0.4) is 0 Å². The van der Waals surface area contributed by atoms with Gasteiger partial charge in [0.25, 0.3) is 0 Å². The first-order chi connectivity index (χ1) is 5.97. The molecule has 1 aliphatic rings. The molecule has 1 heteroatoms. The topological polar surface area (TPSA) is 3.24 Å². The van der Waals surface area contributed by atoms with Gasteiger partial charge in [-0.2, -0.15) is 0 Å². The van der Waals surface area contributed by atoms with Crippen LogP contribution in [0.15, 0.2) is 0 Å². The third-order valence-corrected chi connectivity index (χ3v) is 3.21. The van der Waals surface area contributed by atoms with Crippen LogP contribution in [-0.4, -0.2) is 23.0 Å². The van der Waals surface area contributed by atoms with Gasteiger partial charge in [0, 0.05) is 12.6 Å². The van der Waals surface area contributed by atoms with Crippen molar-refractivity contribution < 1.29 is 0 Å². The molecule has 1 nitrogen and oxygen atoms in total. The van der Waals surface area contributed by atoms with E-state index in [9.17, 15) is 0 Å². The fourth-order valence-corrected chi connectivity index (χ4v) is 2.32. The van der Waals surface area contributed by atoms with Crippen molar-refractivity contribution in [3.63, 3.8) is 0 Å². The molecular formula is C12H21N. The van der Waals surface area contributed by atoms with Gasteiger partial charge in [0.15, 0.2) is 0 Å². The molecule has 0 aromatic heterocycles. The number of rotatable bonds is 1. The summed E-state index contributed by atoms with van der Waals surface area (Å²) in [5.74, 6) is 3.74. The summed E-state index contributed by atoms with van der Waals surface area (Å²) in [5, 5.41) is 0. The Balaban J connectivity index is 2.67. The van der Waals surface area contributed by atoms with Crippen LogP contribution in [-0.2, 0) is 0 Å². The van der Waals surface area contributed by atoms with Crippen molar-refractivity contribution in [1.82, 2.24) is 4.90 Å². The van der Waals surface area contributed by atoms with E-state index < -0.39 is 0 Å². The van der Waals surface area contributed by atoms with Gasteiger partial charge in [-0.25, -0.2) is 0 Å². The Morgan fingerprint density at radius 2 is 2.00 bits per heavy atom. The fourth-order valence-electron chi connectivity index (χ4n) is 2.32. The predicted octanol–water partition coefficient (Wildman–Crippen LogP) is 2.52. The van der Waals surface area contributed by atoms with Crippen molar-refractivity contribution in [2.75, 3.05) is 6.54 Å². The summed E-state index contributed by atoms with van der Waals surface area (Å²) in [6, 6.07) is 0.634. The highest BCUT2D eigenvalue weighted by molar-refractivity contribution is 5.10. The number of hydrogen-bond acceptors (Lipinski definition) is 1. The maximum absolute atomic E-state index is 5.54. The Morgan fingerprint density at radius 1 is 1.38 bits per heavy atom. The van der Waals surface area contributed by atoms with Crippen molar-refractivity contribution in [3.05, 3.63) is 0 Å². The maximum Gasteiger partial charge on any atom is 0.0768 e. The van der Waals surface area contributed by atoms with Gasteiger partial charge in [0.1, 0.15) is 0 Å². The number of hydrogen-bond donors (Lipinski definition) is 0. The monoisotopic (exact) mass is 179 g/mol. The summed E-state index contributed by atoms with van der Waals surface area (Å²) >= 11 is 0. The molecule has 13 heavy (non-hydrogen) atoms. The molecule has 0 radical (unpaired) electrons. The third-order valence-electron chi connectivity index (χ3n) is 3.21. The van der Waals surface area contributed by atoms with Gasteiger partial charge in [0.05, 0.1) is 5.54 Å². The van der Waals surface area contributed by atoms with Gasteiger partial charge in [-0.05, 0) is 39.5 Å². The highest BCUT2D eigenvalue weighted by atomic mass is 15.2. The van der Waals surface area contributed by atoms with Crippen molar-refractivity contribution in [1.29, 1.82) is 0 Å². The SMILES string of the molecule is C#CC(C)(C)N1CC[C@@H](C)C[C@H]1C. The molecule has 0 aliphatic carbocycles. The molecule has 0 saturated carbocycles. The number of likely N-dealkylation sites (tertiary alicyclic amines) is 1. The second-order valence-corrected chi connectivity index (χ2v) is 4.88. The normalized spacial score (nSPS) is 31.3. The number of piperidine rings is 1. The molecular weight excluding hydrogens is 158 g/mol. The van der Waals surface area contributed by atoms with E-state index in [1.807, 2.05) is 0 Å². The molecule has 0 N–H and O–H groups in total. The minimum atomic E-state index is -0.0699. The largest absolute Gasteiger partial charge is 0.285 e. The summed E-state index contributed by atoms with van der Waals surface area (Å²) in [4.78, 5) is 2.45. The zero-order chi connectivity index (χ0) is 10.1. The molecule has 1 fully saturated rings. The maximum atomic E-state index is 5.54. The van der Waals surface area contributed by atoms with E-state index >= 15 is 0 Å². The minimum Gasteiger partial charge on any atom is -0.285 e. The molecule has 1 aliphatic heterocycles. The first-order valence-electron chi connectivity index (χ1n) is 5.22. The average molecular weight is 179 g/mol. The van der Waals surface area contributed by atoms with Crippen LogP contribution in [0.4, 0.5) is 0 Å². The molecule has 1 saturated heterocycles. The van der Waals surface area contributed by atoms with E-state index in [2.05, 4.69) is 38.5 Å². The second kappa shape index (κ2) is 3.72. The molecule has 0 unspecified atom stereocenters. The van der Waals surface area contributed by atoms with E-state index in [1.54, 1.807) is 0 Å². The average Bonchev–Trinajstić information content (AvgIpc) is 2.03. The van der Waals surface area contributed by atoms with Gasteiger partial charge in [-0.15, -0.1) is 6.42 Å². The van der Waals surface area contributed by atoms with E-state index in [0.29, 0.717) is 6.04 Å². The molecule has 74 valence electrons. The molecule has 0 bridgehead atoms. The number of terminal acetylenes is 1. The van der Waals surface area contributed by atoms with Crippen LogP contribution < -0.4 is 0 Å². The van der Waals surface area contributed by atoms with E-state index in [1.165, 1.54) is 12.8 Å². The fraction of sp³-hybridized carbons (Fsp3) is 0.833. The van der Waals surface area contributed by atoms with E-state index in [0.717, 1.165) is 12.5 Å². The Labute approximate surface area is 82.5 Å². The van der Waals surface area contributed by atoms with Crippen LogP contribution >= 0.6 is 0 Å². The standard InChI is InChI=1S/C12H21N/c1-6-12(4,5)13-8-7-10(2)9-11(13)3/h1,10-11H,7-9H2,2-5H3/t10-,11-/m1/s1. The quantitative estimate of drug-likeness (QED) is 0.559. The van der Waals surface area contributed by atoms with Crippen molar-refractivity contribution in [3.8, 4) is 12.3 Å². The first kappa shape index (κ1) is 10.6. The molecule has 0 spiro atoms. The van der Waals surface area contributed by atoms with Crippen LogP contribution in [0, 0.1) is 18.3 Å². The molecule has 2 atom stereocenters. The van der Waals surface area contributed by atoms with Gasteiger partial charge in [0.2, 0.25) is 0 Å². The summed E-state index contributed by atoms with van der Waals surface area (Å²) in [5.41, 5.74) is -0.0699. The molecule has 1 rings (SSSR count). The van der Waals surface area contributed by atoms with Gasteiger partial charge >= 0.3 is 0 Å². The smallest absolute Gasteiger partial charge is 0.0768 e. The Morgan fingerprint density at radius 3 is 2.46 bits per heavy atom. The summed E-state index contributed by atoms with van der Waals surface area (Å²) in [6.45, 7) is 10.0. The van der Waals surface area contributed by atoms with Crippen LogP contribution in [0.5, 0.6) is 0 Å². The zero-order valence-corrected chi connectivity index (χ0v) is 9.30. The lowest BCUT2D eigenvalue weighted by Crippen LogP contribution is -2.51. The van der Waals surface area contributed by atoms with Gasteiger partial charge in [-0.1, -0.05) is 12.8 Å². The Bertz CT molecular complexity index is 212. The highest BCUT2D eigenvalue weighted by Crippen LogP contribution is 2.28. The highest BCUT2D eigenvalue weighted by Gasteiger charge is 2.32. The van der Waals surface area contributed by atoms with Crippen LogP contribution in [0.1, 0.15) is 40.5 Å². The van der Waals surface area contributed by atoms with Crippen molar-refractivity contribution in [2.45, 2.75) is 52.1 Å². The van der Waals surface area contributed by atoms with Crippen molar-refractivity contribution in [2.24, 2.45) is 5.92 Å². The lowest BCUT2D eigenvalue weighted by Gasteiger charge is -2.44. The van der Waals surface area contributed by atoms with Gasteiger partial charge < -0.3 is 0 Å². The Kier molecular flexibility index (Phi) is 3.03. The predicted molar refractivity (Wildman–Crippen MR) is 57.5 cm³/mol. The van der Waals surface area contributed by atoms with Crippen LogP contribution in [0.2, 0.25) is 0 Å². The molecule has 0 aromatic carbocycles. The zero-order valence-electron chi connectivity index (χ0n) is 9.30. The molecule has 0 amide bonds. The molecule has 1 heterocycles. The minimum absolute atomic E-state index is 0.0699. The Hall–Kier alpha value is -0.480. The summed E-state index contributed by atoms with van der Waals surface area (Å²) < 4.78 is 0. The van der Waals surface area contributed by atoms with E-state index in [4.69, 9.17) is 6.42 Å². The van der Waals surface area contributed by atoms with Gasteiger partial charge in [-0.3, -0.25) is 4.90 Å². The second-order valence-electron chi connectivity index (χ2n) is 4.88. The number of nitrogens with zero attached hydrogens (tertiary/aromatic N) is 1. The molecule has 0 aromatic rings. The third kappa shape index (κ3) is 2.25. The summed E-state index contributed by atoms with van der Waals surface area (Å²) in [7, 11) is 0. The van der Waals surface area contributed by atoms with E-state index in [-0.39, 0.29) is 5.54 Å². The first-order valence-corrected chi connectivity index (χ1v) is 5.22. The van der Waals surface area contributed by atoms with Crippen molar-refractivity contribution >= 4 is 0 Å². The van der Waals surface area contributed by atoms with Crippen LogP contribution in [0.25, 0.3) is 0 Å².